The number of nitrogens with two attached hydrogens (primary N) is 2. The van der Waals surface area contributed by atoms with Crippen LogP contribution in [0.3, 0.4) is 0 Å². The van der Waals surface area contributed by atoms with E-state index < -0.39 is 29.7 Å². The average Bonchev–Trinajstić information content (AvgIpc) is 3.44. The highest BCUT2D eigenvalue weighted by Crippen LogP contribution is 2.54. The van der Waals surface area contributed by atoms with Gasteiger partial charge in [0.05, 0.1) is 6.17 Å². The van der Waals surface area contributed by atoms with Crippen molar-refractivity contribution in [3.05, 3.63) is 129 Å². The Kier molecular flexibility index (Phi) is 5.60. The first kappa shape index (κ1) is 23.4. The molecule has 5 nitrogen and oxygen atoms in total. The Morgan fingerprint density at radius 2 is 1.54 bits per heavy atom. The fraction of sp³-hybridized carbons (Fsp3) is 0.138. The number of rotatable bonds is 5. The SMILES string of the molecule is NC(N)c1ccc(CNC(=O)c2ccc3c(c2)[C@@H]2O[C@H]3c3ccc(-c4ccc(F)cc4F)cc32)cc1F. The maximum atomic E-state index is 14.4. The van der Waals surface area contributed by atoms with Crippen LogP contribution in [0, 0.1) is 17.5 Å². The van der Waals surface area contributed by atoms with Crippen LogP contribution in [-0.4, -0.2) is 5.91 Å². The quantitative estimate of drug-likeness (QED) is 0.331. The fourth-order valence-electron chi connectivity index (χ4n) is 5.11. The molecule has 0 radical (unpaired) electrons. The van der Waals surface area contributed by atoms with Gasteiger partial charge in [-0.15, -0.1) is 0 Å². The number of carbonyl (C=O) groups is 1. The van der Waals surface area contributed by atoms with E-state index in [1.807, 2.05) is 18.2 Å². The van der Waals surface area contributed by atoms with Gasteiger partial charge in [0.15, 0.2) is 0 Å². The Bertz CT molecular complexity index is 1570. The highest BCUT2D eigenvalue weighted by molar-refractivity contribution is 5.94. The molecule has 0 aromatic heterocycles. The van der Waals surface area contributed by atoms with Crippen molar-refractivity contribution in [3.63, 3.8) is 0 Å². The standard InChI is InChI=1S/C29H22F3N3O2/c30-17-4-8-18(25(32)12-17)15-2-6-19-22(10-15)27-23-11-16(3-7-20(23)26(19)37-27)29(36)35-13-14-1-5-21(28(33)34)24(31)9-14/h1-12,26-28H,13,33-34H2,(H,35,36)/t26-,27+/m0/s1. The third-order valence-electron chi connectivity index (χ3n) is 6.96. The van der Waals surface area contributed by atoms with Gasteiger partial charge in [-0.3, -0.25) is 4.79 Å². The predicted octanol–water partition coefficient (Wildman–Crippen LogP) is 5.14. The van der Waals surface area contributed by atoms with Crippen molar-refractivity contribution in [2.75, 3.05) is 0 Å². The van der Waals surface area contributed by atoms with Crippen molar-refractivity contribution in [1.82, 2.24) is 5.32 Å². The highest BCUT2D eigenvalue weighted by atomic mass is 19.1. The van der Waals surface area contributed by atoms with E-state index in [0.29, 0.717) is 22.3 Å². The van der Waals surface area contributed by atoms with Crippen molar-refractivity contribution in [1.29, 1.82) is 0 Å². The Labute approximate surface area is 210 Å². The molecule has 2 aliphatic rings. The van der Waals surface area contributed by atoms with Crippen LogP contribution < -0.4 is 16.8 Å². The molecule has 0 saturated heterocycles. The Morgan fingerprint density at radius 1 is 0.811 bits per heavy atom. The van der Waals surface area contributed by atoms with E-state index in [9.17, 15) is 18.0 Å². The van der Waals surface area contributed by atoms with Crippen LogP contribution in [0.4, 0.5) is 13.2 Å². The van der Waals surface area contributed by atoms with Crippen molar-refractivity contribution < 1.29 is 22.7 Å². The number of fused-ring (bicyclic) bond motifs is 8. The molecule has 0 aliphatic carbocycles. The summed E-state index contributed by atoms with van der Waals surface area (Å²) >= 11 is 0. The van der Waals surface area contributed by atoms with Crippen LogP contribution in [0.2, 0.25) is 0 Å². The maximum Gasteiger partial charge on any atom is 0.251 e. The maximum absolute atomic E-state index is 14.4. The third-order valence-corrected chi connectivity index (χ3v) is 6.96. The largest absolute Gasteiger partial charge is 0.356 e. The lowest BCUT2D eigenvalue weighted by Crippen LogP contribution is -2.24. The Morgan fingerprint density at radius 3 is 2.27 bits per heavy atom. The van der Waals surface area contributed by atoms with Crippen LogP contribution in [0.25, 0.3) is 11.1 Å². The number of carbonyl (C=O) groups excluding carboxylic acids is 1. The third kappa shape index (κ3) is 3.99. The predicted molar refractivity (Wildman–Crippen MR) is 132 cm³/mol. The van der Waals surface area contributed by atoms with Crippen molar-refractivity contribution in [2.45, 2.75) is 24.9 Å². The molecule has 8 heteroatoms. The molecule has 1 amide bonds. The van der Waals surface area contributed by atoms with Gasteiger partial charge < -0.3 is 21.5 Å². The number of ether oxygens (including phenoxy) is 1. The lowest BCUT2D eigenvalue weighted by Gasteiger charge is -2.18. The molecule has 4 aromatic rings. The fourth-order valence-corrected chi connectivity index (χ4v) is 5.11. The summed E-state index contributed by atoms with van der Waals surface area (Å²) in [6, 6.07) is 19.0. The van der Waals surface area contributed by atoms with E-state index in [2.05, 4.69) is 5.32 Å². The van der Waals surface area contributed by atoms with Gasteiger partial charge in [0.1, 0.15) is 29.7 Å². The van der Waals surface area contributed by atoms with Gasteiger partial charge in [-0.05, 0) is 69.8 Å². The zero-order chi connectivity index (χ0) is 25.8. The van der Waals surface area contributed by atoms with Gasteiger partial charge in [0.25, 0.3) is 5.91 Å². The summed E-state index contributed by atoms with van der Waals surface area (Å²) in [5, 5.41) is 2.81. The van der Waals surface area contributed by atoms with Crippen LogP contribution >= 0.6 is 0 Å². The van der Waals surface area contributed by atoms with Crippen molar-refractivity contribution in [3.8, 4) is 11.1 Å². The minimum atomic E-state index is -0.913. The molecule has 2 heterocycles. The van der Waals surface area contributed by atoms with Crippen molar-refractivity contribution in [2.24, 2.45) is 11.5 Å². The summed E-state index contributed by atoms with van der Waals surface area (Å²) in [7, 11) is 0. The summed E-state index contributed by atoms with van der Waals surface area (Å²) in [6.45, 7) is 0.130. The highest BCUT2D eigenvalue weighted by Gasteiger charge is 2.43. The van der Waals surface area contributed by atoms with Gasteiger partial charge >= 0.3 is 0 Å². The second-order valence-corrected chi connectivity index (χ2v) is 9.27. The summed E-state index contributed by atoms with van der Waals surface area (Å²) in [5.74, 6) is -2.10. The molecule has 5 N–H and O–H groups in total. The summed E-state index contributed by atoms with van der Waals surface area (Å²) in [4.78, 5) is 12.9. The first-order valence-electron chi connectivity index (χ1n) is 11.8. The molecule has 2 atom stereocenters. The zero-order valence-electron chi connectivity index (χ0n) is 19.5. The van der Waals surface area contributed by atoms with E-state index in [-0.39, 0.29) is 24.1 Å². The van der Waals surface area contributed by atoms with Gasteiger partial charge in [-0.1, -0.05) is 30.3 Å². The molecular weight excluding hydrogens is 479 g/mol. The average molecular weight is 502 g/mol. The number of hydrogen-bond donors (Lipinski definition) is 3. The van der Waals surface area contributed by atoms with Gasteiger partial charge in [-0.25, -0.2) is 13.2 Å². The molecule has 0 unspecified atom stereocenters. The molecule has 4 aromatic carbocycles. The smallest absolute Gasteiger partial charge is 0.251 e. The van der Waals surface area contributed by atoms with Crippen LogP contribution in [0.5, 0.6) is 0 Å². The minimum absolute atomic E-state index is 0.130. The van der Waals surface area contributed by atoms with E-state index in [1.54, 1.807) is 24.3 Å². The van der Waals surface area contributed by atoms with Gasteiger partial charge in [-0.2, -0.15) is 0 Å². The zero-order valence-corrected chi connectivity index (χ0v) is 19.5. The molecule has 2 bridgehead atoms. The first-order valence-corrected chi connectivity index (χ1v) is 11.8. The summed E-state index contributed by atoms with van der Waals surface area (Å²) < 4.78 is 48.1. The Balaban J connectivity index is 1.23. The lowest BCUT2D eigenvalue weighted by molar-refractivity contribution is 0.0857. The van der Waals surface area contributed by atoms with Gasteiger partial charge in [0.2, 0.25) is 0 Å². The van der Waals surface area contributed by atoms with Crippen LogP contribution in [0.15, 0.2) is 72.8 Å². The van der Waals surface area contributed by atoms with E-state index in [4.69, 9.17) is 16.2 Å². The molecule has 6 rings (SSSR count). The Hall–Kier alpha value is -3.98. The van der Waals surface area contributed by atoms with E-state index in [0.717, 1.165) is 28.3 Å². The van der Waals surface area contributed by atoms with E-state index >= 15 is 0 Å². The minimum Gasteiger partial charge on any atom is -0.356 e. The topological polar surface area (TPSA) is 90.4 Å². The summed E-state index contributed by atoms with van der Waals surface area (Å²) in [6.07, 6.45) is -1.58. The van der Waals surface area contributed by atoms with Gasteiger partial charge in [0, 0.05) is 29.3 Å². The molecule has 0 saturated carbocycles. The number of benzene rings is 4. The normalized spacial score (nSPS) is 17.1. The van der Waals surface area contributed by atoms with Crippen LogP contribution in [0.1, 0.15) is 62.1 Å². The van der Waals surface area contributed by atoms with E-state index in [1.165, 1.54) is 24.3 Å². The molecule has 2 aliphatic heterocycles. The van der Waals surface area contributed by atoms with Crippen molar-refractivity contribution >= 4 is 5.91 Å². The van der Waals surface area contributed by atoms with Crippen LogP contribution in [-0.2, 0) is 11.3 Å². The number of amides is 1. The number of halogens is 3. The second kappa shape index (κ2) is 8.85. The molecule has 0 spiro atoms. The molecule has 0 fully saturated rings. The number of hydrogen-bond acceptors (Lipinski definition) is 4. The molecule has 186 valence electrons. The second-order valence-electron chi connectivity index (χ2n) is 9.27. The molecule has 37 heavy (non-hydrogen) atoms. The summed E-state index contributed by atoms with van der Waals surface area (Å²) in [5.41, 5.74) is 17.0. The monoisotopic (exact) mass is 501 g/mol. The first-order chi connectivity index (χ1) is 17.8. The lowest BCUT2D eigenvalue weighted by atomic mass is 9.83. The molecular formula is C29H22F3N3O2. The number of nitrogens with one attached hydrogen (secondary N) is 1.